The van der Waals surface area contributed by atoms with Crippen LogP contribution < -0.4 is 0 Å². The van der Waals surface area contributed by atoms with Crippen LogP contribution in [0.4, 0.5) is 0 Å². The van der Waals surface area contributed by atoms with Crippen LogP contribution in [-0.4, -0.2) is 38.5 Å². The third-order valence-electron chi connectivity index (χ3n) is 4.50. The summed E-state index contributed by atoms with van der Waals surface area (Å²) in [5.74, 6) is -0.0928. The Hall–Kier alpha value is -1.66. The second-order valence-electron chi connectivity index (χ2n) is 6.14. The Bertz CT molecular complexity index is 683. The second-order valence-corrected chi connectivity index (χ2v) is 7.06. The molecule has 0 bridgehead atoms. The summed E-state index contributed by atoms with van der Waals surface area (Å²) in [6, 6.07) is 8.45. The van der Waals surface area contributed by atoms with Crippen LogP contribution in [0.1, 0.15) is 25.6 Å². The van der Waals surface area contributed by atoms with Gasteiger partial charge < -0.3 is 10.1 Å². The van der Waals surface area contributed by atoms with E-state index in [2.05, 4.69) is 37.7 Å². The summed E-state index contributed by atoms with van der Waals surface area (Å²) in [7, 11) is 0. The molecular formula is C17H20BrN3O2. The van der Waals surface area contributed by atoms with Crippen molar-refractivity contribution in [1.82, 2.24) is 14.9 Å². The summed E-state index contributed by atoms with van der Waals surface area (Å²) < 4.78 is 1.04. The highest BCUT2D eigenvalue weighted by molar-refractivity contribution is 9.10. The molecule has 2 unspecified atom stereocenters. The number of aliphatic carboxylic acids is 1. The molecule has 1 aromatic heterocycles. The Morgan fingerprint density at radius 1 is 1.39 bits per heavy atom. The molecule has 2 N–H and O–H groups in total. The van der Waals surface area contributed by atoms with Gasteiger partial charge >= 0.3 is 5.97 Å². The van der Waals surface area contributed by atoms with E-state index in [-0.39, 0.29) is 5.92 Å². The highest BCUT2D eigenvalue weighted by atomic mass is 79.9. The zero-order chi connectivity index (χ0) is 16.4. The van der Waals surface area contributed by atoms with Gasteiger partial charge in [-0.25, -0.2) is 4.98 Å². The summed E-state index contributed by atoms with van der Waals surface area (Å²) in [6.07, 6.45) is 3.51. The third kappa shape index (κ3) is 3.82. The number of nitrogens with zero attached hydrogens (tertiary/aromatic N) is 2. The van der Waals surface area contributed by atoms with Crippen molar-refractivity contribution in [3.63, 3.8) is 0 Å². The molecule has 1 aromatic carbocycles. The van der Waals surface area contributed by atoms with Gasteiger partial charge in [0.15, 0.2) is 0 Å². The summed E-state index contributed by atoms with van der Waals surface area (Å²) in [6.45, 7) is 3.39. The molecule has 0 amide bonds. The Morgan fingerprint density at radius 2 is 2.13 bits per heavy atom. The van der Waals surface area contributed by atoms with Gasteiger partial charge in [0.2, 0.25) is 0 Å². The number of hydrogen-bond donors (Lipinski definition) is 2. The fourth-order valence-electron chi connectivity index (χ4n) is 3.01. The Balaban J connectivity index is 1.70. The first-order valence-corrected chi connectivity index (χ1v) is 8.59. The summed E-state index contributed by atoms with van der Waals surface area (Å²) >= 11 is 3.43. The van der Waals surface area contributed by atoms with E-state index < -0.39 is 5.97 Å². The van der Waals surface area contributed by atoms with E-state index in [1.807, 2.05) is 30.5 Å². The van der Waals surface area contributed by atoms with Crippen LogP contribution in [0.2, 0.25) is 0 Å². The molecule has 3 rings (SSSR count). The maximum atomic E-state index is 11.2. The lowest BCUT2D eigenvalue weighted by atomic mass is 9.93. The molecule has 1 aliphatic heterocycles. The van der Waals surface area contributed by atoms with Crippen molar-refractivity contribution in [2.24, 2.45) is 5.92 Å². The van der Waals surface area contributed by atoms with Gasteiger partial charge in [0.05, 0.1) is 24.4 Å². The van der Waals surface area contributed by atoms with Crippen molar-refractivity contribution >= 4 is 21.9 Å². The minimum atomic E-state index is -0.697. The summed E-state index contributed by atoms with van der Waals surface area (Å²) in [4.78, 5) is 21.2. The topological polar surface area (TPSA) is 69.2 Å². The van der Waals surface area contributed by atoms with Crippen LogP contribution in [0.25, 0.3) is 11.3 Å². The van der Waals surface area contributed by atoms with Gasteiger partial charge in [0.25, 0.3) is 0 Å². The van der Waals surface area contributed by atoms with E-state index in [4.69, 9.17) is 0 Å². The smallest absolute Gasteiger partial charge is 0.307 e. The van der Waals surface area contributed by atoms with Crippen LogP contribution in [0, 0.1) is 5.92 Å². The maximum Gasteiger partial charge on any atom is 0.307 e. The van der Waals surface area contributed by atoms with Gasteiger partial charge in [-0.1, -0.05) is 28.1 Å². The number of rotatable bonds is 4. The SMILES string of the molecule is CC1CCC(C(=O)O)CN1Cc1ncc(-c2ccc(Br)cc2)[nH]1. The van der Waals surface area contributed by atoms with E-state index in [1.54, 1.807) is 0 Å². The predicted octanol–water partition coefficient (Wildman–Crippen LogP) is 3.52. The number of carbonyl (C=O) groups is 1. The van der Waals surface area contributed by atoms with Crippen molar-refractivity contribution < 1.29 is 9.90 Å². The van der Waals surface area contributed by atoms with Crippen molar-refractivity contribution in [3.05, 3.63) is 40.8 Å². The molecule has 122 valence electrons. The lowest BCUT2D eigenvalue weighted by Gasteiger charge is -2.35. The second kappa shape index (κ2) is 6.84. The van der Waals surface area contributed by atoms with Crippen molar-refractivity contribution in [3.8, 4) is 11.3 Å². The summed E-state index contributed by atoms with van der Waals surface area (Å²) in [5.41, 5.74) is 2.06. The molecule has 23 heavy (non-hydrogen) atoms. The number of halogens is 1. The molecule has 1 aliphatic rings. The first-order valence-electron chi connectivity index (χ1n) is 7.79. The van der Waals surface area contributed by atoms with E-state index in [0.29, 0.717) is 19.1 Å². The molecule has 2 atom stereocenters. The number of aromatic nitrogens is 2. The average molecular weight is 378 g/mol. The molecular weight excluding hydrogens is 358 g/mol. The maximum absolute atomic E-state index is 11.2. The summed E-state index contributed by atoms with van der Waals surface area (Å²) in [5, 5.41) is 9.23. The Kier molecular flexibility index (Phi) is 4.82. The molecule has 1 fully saturated rings. The van der Waals surface area contributed by atoms with Gasteiger partial charge in [-0.05, 0) is 37.5 Å². The molecule has 2 aromatic rings. The Labute approximate surface area is 143 Å². The molecule has 6 heteroatoms. The van der Waals surface area contributed by atoms with E-state index >= 15 is 0 Å². The van der Waals surface area contributed by atoms with Crippen molar-refractivity contribution in [2.45, 2.75) is 32.4 Å². The van der Waals surface area contributed by atoms with Crippen LogP contribution in [0.15, 0.2) is 34.9 Å². The quantitative estimate of drug-likeness (QED) is 0.854. The number of hydrogen-bond acceptors (Lipinski definition) is 3. The number of aromatic amines is 1. The molecule has 0 spiro atoms. The number of benzene rings is 1. The van der Waals surface area contributed by atoms with E-state index in [9.17, 15) is 9.90 Å². The first-order chi connectivity index (χ1) is 11.0. The molecule has 5 nitrogen and oxygen atoms in total. The standard InChI is InChI=1S/C17H20BrN3O2/c1-11-2-3-13(17(22)23)9-21(11)10-16-19-8-15(20-16)12-4-6-14(18)7-5-12/h4-8,11,13H,2-3,9-10H2,1H3,(H,19,20)(H,22,23). The largest absolute Gasteiger partial charge is 0.481 e. The monoisotopic (exact) mass is 377 g/mol. The zero-order valence-electron chi connectivity index (χ0n) is 13.0. The van der Waals surface area contributed by atoms with E-state index in [1.165, 1.54) is 0 Å². The van der Waals surface area contributed by atoms with Gasteiger partial charge in [0, 0.05) is 17.1 Å². The predicted molar refractivity (Wildman–Crippen MR) is 92.0 cm³/mol. The molecule has 0 saturated carbocycles. The first kappa shape index (κ1) is 16.2. The molecule has 0 aliphatic carbocycles. The fraction of sp³-hybridized carbons (Fsp3) is 0.412. The van der Waals surface area contributed by atoms with Gasteiger partial charge in [-0.15, -0.1) is 0 Å². The van der Waals surface area contributed by atoms with Crippen LogP contribution in [-0.2, 0) is 11.3 Å². The van der Waals surface area contributed by atoms with Crippen LogP contribution >= 0.6 is 15.9 Å². The van der Waals surface area contributed by atoms with Gasteiger partial charge in [-0.2, -0.15) is 0 Å². The number of imidazole rings is 1. The van der Waals surface area contributed by atoms with Gasteiger partial charge in [-0.3, -0.25) is 9.69 Å². The fourth-order valence-corrected chi connectivity index (χ4v) is 3.28. The number of likely N-dealkylation sites (tertiary alicyclic amines) is 1. The zero-order valence-corrected chi connectivity index (χ0v) is 14.6. The number of carboxylic acids is 1. The molecule has 1 saturated heterocycles. The normalized spacial score (nSPS) is 22.2. The van der Waals surface area contributed by atoms with Crippen LogP contribution in [0.3, 0.4) is 0 Å². The third-order valence-corrected chi connectivity index (χ3v) is 5.03. The minimum absolute atomic E-state index is 0.271. The highest BCUT2D eigenvalue weighted by Gasteiger charge is 2.30. The highest BCUT2D eigenvalue weighted by Crippen LogP contribution is 2.24. The number of nitrogens with one attached hydrogen (secondary N) is 1. The van der Waals surface area contributed by atoms with Crippen molar-refractivity contribution in [2.75, 3.05) is 6.54 Å². The molecule has 2 heterocycles. The number of H-pyrrole nitrogens is 1. The van der Waals surface area contributed by atoms with Crippen LogP contribution in [0.5, 0.6) is 0 Å². The Morgan fingerprint density at radius 3 is 2.83 bits per heavy atom. The van der Waals surface area contributed by atoms with Crippen molar-refractivity contribution in [1.29, 1.82) is 0 Å². The lowest BCUT2D eigenvalue weighted by molar-refractivity contribution is -0.144. The van der Waals surface area contributed by atoms with E-state index in [0.717, 1.165) is 34.4 Å². The minimum Gasteiger partial charge on any atom is -0.481 e. The van der Waals surface area contributed by atoms with Gasteiger partial charge in [0.1, 0.15) is 5.82 Å². The molecule has 0 radical (unpaired) electrons. The number of carboxylic acid groups (broad SMARTS) is 1. The number of piperidine rings is 1. The average Bonchev–Trinajstić information content (AvgIpc) is 2.98. The lowest BCUT2D eigenvalue weighted by Crippen LogP contribution is -2.43.